The summed E-state index contributed by atoms with van der Waals surface area (Å²) in [4.78, 5) is 17.1. The summed E-state index contributed by atoms with van der Waals surface area (Å²) in [5.41, 5.74) is -0.324. The molecule has 0 aromatic heterocycles. The maximum absolute atomic E-state index is 13.8. The molecule has 114 valence electrons. The minimum Gasteiger partial charge on any atom is -0.394 e. The summed E-state index contributed by atoms with van der Waals surface area (Å²) in [7, 11) is 0. The highest BCUT2D eigenvalue weighted by Gasteiger charge is 2.33. The molecule has 5 nitrogen and oxygen atoms in total. The molecule has 7 heteroatoms. The normalized spacial score (nSPS) is 18.1. The lowest BCUT2D eigenvalue weighted by Gasteiger charge is -2.24. The Morgan fingerprint density at radius 2 is 2.33 bits per heavy atom. The Morgan fingerprint density at radius 3 is 2.95 bits per heavy atom. The van der Waals surface area contributed by atoms with E-state index in [9.17, 15) is 9.18 Å². The number of nitrogens with zero attached hydrogens (tertiary/aromatic N) is 1. The van der Waals surface area contributed by atoms with Crippen molar-refractivity contribution in [2.24, 2.45) is 5.16 Å². The van der Waals surface area contributed by atoms with Gasteiger partial charge in [-0.15, -0.1) is 0 Å². The first kappa shape index (κ1) is 15.7. The second-order valence-electron chi connectivity index (χ2n) is 5.46. The molecule has 0 saturated heterocycles. The van der Waals surface area contributed by atoms with Gasteiger partial charge in [-0.25, -0.2) is 4.39 Å². The lowest BCUT2D eigenvalue weighted by molar-refractivity contribution is -0.133. The second kappa shape index (κ2) is 5.99. The molecule has 0 aliphatic carbocycles. The van der Waals surface area contributed by atoms with E-state index in [1.54, 1.807) is 19.9 Å². The van der Waals surface area contributed by atoms with Gasteiger partial charge in [0.2, 0.25) is 6.10 Å². The highest BCUT2D eigenvalue weighted by atomic mass is 35.5. The molecule has 1 aliphatic heterocycles. The van der Waals surface area contributed by atoms with Crippen LogP contribution in [-0.4, -0.2) is 35.0 Å². The smallest absolute Gasteiger partial charge is 0.264 e. The summed E-state index contributed by atoms with van der Waals surface area (Å²) >= 11 is 5.96. The number of nitrogens with one attached hydrogen (secondary N) is 1. The molecule has 21 heavy (non-hydrogen) atoms. The van der Waals surface area contributed by atoms with Gasteiger partial charge in [-0.2, -0.15) is 0 Å². The highest BCUT2D eigenvalue weighted by Crippen LogP contribution is 2.25. The topological polar surface area (TPSA) is 70.9 Å². The van der Waals surface area contributed by atoms with Crippen molar-refractivity contribution in [2.75, 3.05) is 6.61 Å². The average Bonchev–Trinajstić information content (AvgIpc) is 2.87. The third-order valence-electron chi connectivity index (χ3n) is 3.07. The van der Waals surface area contributed by atoms with Crippen LogP contribution >= 0.6 is 11.6 Å². The van der Waals surface area contributed by atoms with Gasteiger partial charge in [0.15, 0.2) is 0 Å². The molecule has 1 atom stereocenters. The zero-order chi connectivity index (χ0) is 15.6. The Hall–Kier alpha value is -1.66. The Kier molecular flexibility index (Phi) is 4.49. The molecule has 1 aromatic carbocycles. The number of carbonyl (C=O) groups is 1. The first-order valence-corrected chi connectivity index (χ1v) is 6.82. The van der Waals surface area contributed by atoms with Crippen molar-refractivity contribution < 1.29 is 19.1 Å². The molecule has 2 N–H and O–H groups in total. The van der Waals surface area contributed by atoms with Crippen LogP contribution in [0.5, 0.6) is 0 Å². The number of benzene rings is 1. The van der Waals surface area contributed by atoms with Gasteiger partial charge < -0.3 is 15.3 Å². The summed E-state index contributed by atoms with van der Waals surface area (Å²) in [6.45, 7) is 3.14. The zero-order valence-corrected chi connectivity index (χ0v) is 12.4. The fourth-order valence-electron chi connectivity index (χ4n) is 1.89. The van der Waals surface area contributed by atoms with Crippen LogP contribution in [0.2, 0.25) is 5.02 Å². The molecule has 0 radical (unpaired) electrons. The van der Waals surface area contributed by atoms with E-state index in [1.165, 1.54) is 12.1 Å². The van der Waals surface area contributed by atoms with E-state index in [2.05, 4.69) is 10.5 Å². The van der Waals surface area contributed by atoms with E-state index < -0.39 is 23.4 Å². The molecule has 0 bridgehead atoms. The van der Waals surface area contributed by atoms with Gasteiger partial charge in [0.25, 0.3) is 5.91 Å². The predicted molar refractivity (Wildman–Crippen MR) is 76.7 cm³/mol. The van der Waals surface area contributed by atoms with Crippen LogP contribution in [0.25, 0.3) is 0 Å². The Balaban J connectivity index is 2.08. The van der Waals surface area contributed by atoms with Gasteiger partial charge in [0.05, 0.1) is 28.4 Å². The van der Waals surface area contributed by atoms with Crippen LogP contribution < -0.4 is 5.32 Å². The first-order valence-electron chi connectivity index (χ1n) is 6.44. The van der Waals surface area contributed by atoms with Crippen molar-refractivity contribution in [1.29, 1.82) is 0 Å². The van der Waals surface area contributed by atoms with Crippen molar-refractivity contribution >= 4 is 23.2 Å². The number of oxime groups is 1. The third-order valence-corrected chi connectivity index (χ3v) is 3.38. The largest absolute Gasteiger partial charge is 0.394 e. The number of aliphatic hydroxyl groups is 1. The molecule has 0 fully saturated rings. The SMILES string of the molecule is CC(C)(CO)NC(=O)[C@H]1CC(c2c(F)cccc2Cl)=NO1. The van der Waals surface area contributed by atoms with Crippen molar-refractivity contribution in [3.63, 3.8) is 0 Å². The molecule has 0 unspecified atom stereocenters. The van der Waals surface area contributed by atoms with E-state index in [0.717, 1.165) is 0 Å². The molecule has 1 heterocycles. The minimum atomic E-state index is -0.860. The molecule has 1 aliphatic rings. The van der Waals surface area contributed by atoms with E-state index in [1.807, 2.05) is 0 Å². The Bertz CT molecular complexity index is 569. The summed E-state index contributed by atoms with van der Waals surface area (Å²) in [6.07, 6.45) is -0.741. The summed E-state index contributed by atoms with van der Waals surface area (Å²) in [6, 6.07) is 4.31. The molecule has 2 rings (SSSR count). The van der Waals surface area contributed by atoms with Gasteiger partial charge in [-0.1, -0.05) is 22.8 Å². The fourth-order valence-corrected chi connectivity index (χ4v) is 2.16. The maximum Gasteiger partial charge on any atom is 0.264 e. The number of hydrogen-bond acceptors (Lipinski definition) is 4. The summed E-state index contributed by atoms with van der Waals surface area (Å²) in [5, 5.41) is 15.7. The number of aliphatic hydroxyl groups excluding tert-OH is 1. The van der Waals surface area contributed by atoms with Gasteiger partial charge in [-0.05, 0) is 26.0 Å². The van der Waals surface area contributed by atoms with Crippen LogP contribution in [0.3, 0.4) is 0 Å². The number of amides is 1. The second-order valence-corrected chi connectivity index (χ2v) is 5.87. The Labute approximate surface area is 126 Å². The van der Waals surface area contributed by atoms with E-state index >= 15 is 0 Å². The molecular formula is C14H16ClFN2O3. The predicted octanol–water partition coefficient (Wildman–Crippen LogP) is 1.86. The van der Waals surface area contributed by atoms with Crippen molar-refractivity contribution in [3.05, 3.63) is 34.6 Å². The van der Waals surface area contributed by atoms with Gasteiger partial charge in [0, 0.05) is 6.42 Å². The standard InChI is InChI=1S/C14H16ClFN2O3/c1-14(2,7-19)17-13(20)11-6-10(18-21-11)12-8(15)4-3-5-9(12)16/h3-5,11,19H,6-7H2,1-2H3,(H,17,20)/t11-/m1/s1. The first-order chi connectivity index (χ1) is 9.84. The van der Waals surface area contributed by atoms with Gasteiger partial charge in [-0.3, -0.25) is 4.79 Å². The number of hydrogen-bond donors (Lipinski definition) is 2. The number of carbonyl (C=O) groups excluding carboxylic acids is 1. The number of rotatable bonds is 4. The molecule has 0 saturated carbocycles. The maximum atomic E-state index is 13.8. The van der Waals surface area contributed by atoms with Crippen molar-refractivity contribution in [1.82, 2.24) is 5.32 Å². The quantitative estimate of drug-likeness (QED) is 0.891. The summed E-state index contributed by atoms with van der Waals surface area (Å²) in [5.74, 6) is -0.929. The van der Waals surface area contributed by atoms with Crippen molar-refractivity contribution in [2.45, 2.75) is 31.9 Å². The van der Waals surface area contributed by atoms with Crippen molar-refractivity contribution in [3.8, 4) is 0 Å². The molecule has 1 aromatic rings. The van der Waals surface area contributed by atoms with Crippen LogP contribution in [0.15, 0.2) is 23.4 Å². The summed E-state index contributed by atoms with van der Waals surface area (Å²) < 4.78 is 13.8. The average molecular weight is 315 g/mol. The molecule has 0 spiro atoms. The lowest BCUT2D eigenvalue weighted by Crippen LogP contribution is -2.50. The van der Waals surface area contributed by atoms with E-state index in [4.69, 9.17) is 21.5 Å². The monoisotopic (exact) mass is 314 g/mol. The van der Waals surface area contributed by atoms with Gasteiger partial charge >= 0.3 is 0 Å². The number of halogens is 2. The van der Waals surface area contributed by atoms with E-state index in [0.29, 0.717) is 5.71 Å². The molecule has 1 amide bonds. The van der Waals surface area contributed by atoms with Crippen LogP contribution in [0.1, 0.15) is 25.8 Å². The van der Waals surface area contributed by atoms with Gasteiger partial charge in [0.1, 0.15) is 5.82 Å². The fraction of sp³-hybridized carbons (Fsp3) is 0.429. The van der Waals surface area contributed by atoms with Crippen LogP contribution in [-0.2, 0) is 9.63 Å². The van der Waals surface area contributed by atoms with Crippen LogP contribution in [0.4, 0.5) is 4.39 Å². The Morgan fingerprint density at radius 1 is 1.62 bits per heavy atom. The minimum absolute atomic E-state index is 0.119. The van der Waals surface area contributed by atoms with E-state index in [-0.39, 0.29) is 23.6 Å². The lowest BCUT2D eigenvalue weighted by atomic mass is 10.0. The third kappa shape index (κ3) is 3.51. The molecular weight excluding hydrogens is 299 g/mol. The highest BCUT2D eigenvalue weighted by molar-refractivity contribution is 6.34. The van der Waals surface area contributed by atoms with Crippen LogP contribution in [0, 0.1) is 5.82 Å². The zero-order valence-electron chi connectivity index (χ0n) is 11.7.